The number of hydrogen-bond acceptors (Lipinski definition) is 2. The van der Waals surface area contributed by atoms with Crippen molar-refractivity contribution in [2.24, 2.45) is 0 Å². The largest absolute Gasteiger partial charge is 0.408 e. The number of carbonyl (C=O) groups is 1. The van der Waals surface area contributed by atoms with E-state index in [0.717, 1.165) is 9.81 Å². The average Bonchev–Trinajstić information content (AvgIpc) is 2.50. The van der Waals surface area contributed by atoms with Crippen LogP contribution in [0.5, 0.6) is 0 Å². The van der Waals surface area contributed by atoms with Gasteiger partial charge in [-0.2, -0.15) is 13.2 Å². The third-order valence-electron chi connectivity index (χ3n) is 1.67. The van der Waals surface area contributed by atoms with Crippen molar-refractivity contribution in [1.82, 2.24) is 5.32 Å². The van der Waals surface area contributed by atoms with Crippen molar-refractivity contribution in [3.8, 4) is 0 Å². The number of rotatable bonds is 2. The number of amides is 1. The molecule has 0 aromatic carbocycles. The van der Waals surface area contributed by atoms with E-state index in [1.54, 1.807) is 6.07 Å². The summed E-state index contributed by atoms with van der Waals surface area (Å²) < 4.78 is 37.2. The summed E-state index contributed by atoms with van der Waals surface area (Å²) in [4.78, 5) is 11.3. The molecule has 1 atom stereocenters. The highest BCUT2D eigenvalue weighted by Gasteiger charge is 2.37. The van der Waals surface area contributed by atoms with Gasteiger partial charge in [0.15, 0.2) is 0 Å². The van der Waals surface area contributed by atoms with Crippen LogP contribution in [0, 0.1) is 2.88 Å². The molecule has 0 spiro atoms. The summed E-state index contributed by atoms with van der Waals surface area (Å²) in [6, 6.07) is -0.286. The smallest absolute Gasteiger partial charge is 0.341 e. The van der Waals surface area contributed by atoms with E-state index in [4.69, 9.17) is 0 Å². The van der Waals surface area contributed by atoms with Crippen LogP contribution < -0.4 is 5.32 Å². The third-order valence-corrected chi connectivity index (χ3v) is 3.46. The fourth-order valence-corrected chi connectivity index (χ4v) is 2.12. The maximum absolute atomic E-state index is 12.1. The van der Waals surface area contributed by atoms with Crippen molar-refractivity contribution in [2.45, 2.75) is 19.1 Å². The molecule has 0 aliphatic heterocycles. The highest BCUT2D eigenvalue weighted by Crippen LogP contribution is 2.21. The molecule has 0 bridgehead atoms. The van der Waals surface area contributed by atoms with Crippen LogP contribution >= 0.6 is 33.9 Å². The molecular formula is C8H7F3INOS. The van der Waals surface area contributed by atoms with E-state index in [0.29, 0.717) is 0 Å². The van der Waals surface area contributed by atoms with E-state index in [1.807, 2.05) is 27.9 Å². The van der Waals surface area contributed by atoms with Gasteiger partial charge in [-0.1, -0.05) is 0 Å². The van der Waals surface area contributed by atoms with E-state index in [1.165, 1.54) is 16.7 Å². The Bertz CT molecular complexity index is 363. The predicted octanol–water partition coefficient (Wildman–Crippen LogP) is 3.03. The number of thiophene rings is 1. The zero-order valence-electron chi connectivity index (χ0n) is 7.56. The van der Waals surface area contributed by atoms with Gasteiger partial charge in [0.2, 0.25) is 0 Å². The Morgan fingerprint density at radius 1 is 1.60 bits per heavy atom. The standard InChI is InChI=1S/C8H7F3INOS/c1-4(8(9,10)11)13-7(14)5-2-6(12)15-3-5/h2-4H,1H3,(H,13,14). The quantitative estimate of drug-likeness (QED) is 0.818. The van der Waals surface area contributed by atoms with Gasteiger partial charge in [-0.25, -0.2) is 0 Å². The first-order valence-electron chi connectivity index (χ1n) is 3.92. The normalized spacial score (nSPS) is 13.7. The van der Waals surface area contributed by atoms with Gasteiger partial charge in [0.05, 0.1) is 8.45 Å². The highest BCUT2D eigenvalue weighted by molar-refractivity contribution is 14.1. The Balaban J connectivity index is 2.64. The van der Waals surface area contributed by atoms with Crippen LogP contribution in [-0.2, 0) is 0 Å². The Morgan fingerprint density at radius 2 is 2.20 bits per heavy atom. The number of alkyl halides is 3. The second kappa shape index (κ2) is 4.69. The zero-order chi connectivity index (χ0) is 11.6. The van der Waals surface area contributed by atoms with Crippen LogP contribution in [0.3, 0.4) is 0 Å². The lowest BCUT2D eigenvalue weighted by atomic mass is 10.2. The minimum absolute atomic E-state index is 0.264. The van der Waals surface area contributed by atoms with Crippen molar-refractivity contribution in [3.63, 3.8) is 0 Å². The third kappa shape index (κ3) is 3.63. The van der Waals surface area contributed by atoms with Gasteiger partial charge < -0.3 is 5.32 Å². The van der Waals surface area contributed by atoms with Crippen LogP contribution in [0.25, 0.3) is 0 Å². The molecule has 0 radical (unpaired) electrons. The first kappa shape index (κ1) is 12.8. The SMILES string of the molecule is CC(NC(=O)c1csc(I)c1)C(F)(F)F. The van der Waals surface area contributed by atoms with Gasteiger partial charge in [-0.3, -0.25) is 4.79 Å². The molecule has 84 valence electrons. The zero-order valence-corrected chi connectivity index (χ0v) is 10.5. The molecule has 0 saturated carbocycles. The molecule has 1 unspecified atom stereocenters. The molecule has 1 rings (SSSR count). The minimum atomic E-state index is -4.40. The maximum atomic E-state index is 12.1. The molecule has 1 heterocycles. The van der Waals surface area contributed by atoms with Crippen LogP contribution in [0.2, 0.25) is 0 Å². The van der Waals surface area contributed by atoms with E-state index >= 15 is 0 Å². The number of nitrogens with one attached hydrogen (secondary N) is 1. The lowest BCUT2D eigenvalue weighted by Crippen LogP contribution is -2.42. The van der Waals surface area contributed by atoms with Gasteiger partial charge in [0.1, 0.15) is 6.04 Å². The van der Waals surface area contributed by atoms with Crippen molar-refractivity contribution in [1.29, 1.82) is 0 Å². The molecule has 0 aliphatic rings. The van der Waals surface area contributed by atoms with Gasteiger partial charge in [0, 0.05) is 5.38 Å². The molecule has 7 heteroatoms. The number of carbonyl (C=O) groups excluding carboxylic acids is 1. The molecule has 1 amide bonds. The van der Waals surface area contributed by atoms with Gasteiger partial charge in [-0.05, 0) is 35.6 Å². The molecule has 0 fully saturated rings. The van der Waals surface area contributed by atoms with Gasteiger partial charge >= 0.3 is 6.18 Å². The van der Waals surface area contributed by atoms with E-state index in [2.05, 4.69) is 0 Å². The molecule has 2 nitrogen and oxygen atoms in total. The summed E-state index contributed by atoms with van der Waals surface area (Å²) in [5.41, 5.74) is 0.264. The van der Waals surface area contributed by atoms with Crippen molar-refractivity contribution in [3.05, 3.63) is 19.9 Å². The predicted molar refractivity (Wildman–Crippen MR) is 60.0 cm³/mol. The number of halogens is 4. The van der Waals surface area contributed by atoms with Crippen LogP contribution in [-0.4, -0.2) is 18.1 Å². The topological polar surface area (TPSA) is 29.1 Å². The Kier molecular flexibility index (Phi) is 3.99. The van der Waals surface area contributed by atoms with E-state index in [-0.39, 0.29) is 5.56 Å². The molecule has 1 aromatic heterocycles. The maximum Gasteiger partial charge on any atom is 0.408 e. The molecular weight excluding hydrogens is 342 g/mol. The molecule has 15 heavy (non-hydrogen) atoms. The van der Waals surface area contributed by atoms with Crippen LogP contribution in [0.1, 0.15) is 17.3 Å². The second-order valence-corrected chi connectivity index (χ2v) is 5.68. The van der Waals surface area contributed by atoms with E-state index in [9.17, 15) is 18.0 Å². The van der Waals surface area contributed by atoms with Gasteiger partial charge in [-0.15, -0.1) is 11.3 Å². The van der Waals surface area contributed by atoms with Crippen molar-refractivity contribution >= 4 is 39.8 Å². The number of hydrogen-bond donors (Lipinski definition) is 1. The van der Waals surface area contributed by atoms with Gasteiger partial charge in [0.25, 0.3) is 5.91 Å². The van der Waals surface area contributed by atoms with Crippen molar-refractivity contribution in [2.75, 3.05) is 0 Å². The average molecular weight is 349 g/mol. The molecule has 0 saturated heterocycles. The summed E-state index contributed by atoms with van der Waals surface area (Å²) in [5, 5.41) is 3.42. The van der Waals surface area contributed by atoms with Crippen LogP contribution in [0.4, 0.5) is 13.2 Å². The minimum Gasteiger partial charge on any atom is -0.341 e. The Morgan fingerprint density at radius 3 is 2.60 bits per heavy atom. The first-order chi connectivity index (χ1) is 6.80. The lowest BCUT2D eigenvalue weighted by Gasteiger charge is -2.16. The fourth-order valence-electron chi connectivity index (χ4n) is 0.791. The summed E-state index contributed by atoms with van der Waals surface area (Å²) in [6.07, 6.45) is -4.40. The molecule has 0 aliphatic carbocycles. The lowest BCUT2D eigenvalue weighted by molar-refractivity contribution is -0.149. The Labute approximate surface area is 102 Å². The first-order valence-corrected chi connectivity index (χ1v) is 5.88. The summed E-state index contributed by atoms with van der Waals surface area (Å²) in [5.74, 6) is -0.695. The second-order valence-electron chi connectivity index (χ2n) is 2.88. The molecule has 1 aromatic rings. The monoisotopic (exact) mass is 349 g/mol. The highest BCUT2D eigenvalue weighted by atomic mass is 127. The summed E-state index contributed by atoms with van der Waals surface area (Å²) in [6.45, 7) is 0.912. The summed E-state index contributed by atoms with van der Waals surface area (Å²) >= 11 is 3.31. The Hall–Kier alpha value is -0.310. The summed E-state index contributed by atoms with van der Waals surface area (Å²) in [7, 11) is 0. The van der Waals surface area contributed by atoms with Crippen molar-refractivity contribution < 1.29 is 18.0 Å². The van der Waals surface area contributed by atoms with Crippen LogP contribution in [0.15, 0.2) is 11.4 Å². The fraction of sp³-hybridized carbons (Fsp3) is 0.375. The van der Waals surface area contributed by atoms with E-state index < -0.39 is 18.1 Å². The molecule has 1 N–H and O–H groups in total.